The van der Waals surface area contributed by atoms with Crippen molar-refractivity contribution in [2.45, 2.75) is 58.7 Å². The SMILES string of the molecule is [CH2][C@H](O)CCCc1cc(C)c(NC(=O)OC(C)(C)C)cc1O. The van der Waals surface area contributed by atoms with Gasteiger partial charge in [-0.1, -0.05) is 6.07 Å². The van der Waals surface area contributed by atoms with Gasteiger partial charge in [-0.25, -0.2) is 4.79 Å². The second kappa shape index (κ2) is 7.49. The number of rotatable bonds is 5. The molecule has 0 heterocycles. The van der Waals surface area contributed by atoms with Gasteiger partial charge in [0.2, 0.25) is 0 Å². The average molecular weight is 308 g/mol. The lowest BCUT2D eigenvalue weighted by Crippen LogP contribution is -2.27. The summed E-state index contributed by atoms with van der Waals surface area (Å²) in [6, 6.07) is 3.35. The molecule has 0 spiro atoms. The number of anilines is 1. The molecular formula is C17H26NO4. The highest BCUT2D eigenvalue weighted by molar-refractivity contribution is 5.86. The van der Waals surface area contributed by atoms with Crippen molar-refractivity contribution < 1.29 is 19.7 Å². The molecule has 0 saturated heterocycles. The molecule has 5 heteroatoms. The summed E-state index contributed by atoms with van der Waals surface area (Å²) >= 11 is 0. The zero-order valence-corrected chi connectivity index (χ0v) is 13.8. The predicted molar refractivity (Wildman–Crippen MR) is 87.0 cm³/mol. The molecule has 5 nitrogen and oxygen atoms in total. The average Bonchev–Trinajstić information content (AvgIpc) is 2.32. The minimum atomic E-state index is -0.587. The molecule has 0 aliphatic rings. The van der Waals surface area contributed by atoms with Crippen molar-refractivity contribution in [3.63, 3.8) is 0 Å². The Labute approximate surface area is 132 Å². The molecule has 1 atom stereocenters. The molecule has 0 unspecified atom stereocenters. The van der Waals surface area contributed by atoms with Crippen molar-refractivity contribution >= 4 is 11.8 Å². The number of aliphatic hydroxyl groups excluding tert-OH is 1. The number of amides is 1. The monoisotopic (exact) mass is 308 g/mol. The fourth-order valence-electron chi connectivity index (χ4n) is 2.03. The molecule has 1 amide bonds. The highest BCUT2D eigenvalue weighted by atomic mass is 16.6. The van der Waals surface area contributed by atoms with E-state index >= 15 is 0 Å². The highest BCUT2D eigenvalue weighted by Gasteiger charge is 2.17. The van der Waals surface area contributed by atoms with E-state index in [4.69, 9.17) is 9.84 Å². The summed E-state index contributed by atoms with van der Waals surface area (Å²) in [5.74, 6) is 0.121. The Morgan fingerprint density at radius 3 is 2.59 bits per heavy atom. The maximum absolute atomic E-state index is 11.8. The minimum Gasteiger partial charge on any atom is -0.508 e. The van der Waals surface area contributed by atoms with E-state index in [-0.39, 0.29) is 5.75 Å². The molecule has 123 valence electrons. The number of aryl methyl sites for hydroxylation is 2. The van der Waals surface area contributed by atoms with E-state index in [0.29, 0.717) is 18.5 Å². The summed E-state index contributed by atoms with van der Waals surface area (Å²) in [6.07, 6.45) is 0.818. The molecule has 1 radical (unpaired) electrons. The molecule has 0 bridgehead atoms. The van der Waals surface area contributed by atoms with Gasteiger partial charge >= 0.3 is 6.09 Å². The summed E-state index contributed by atoms with van der Waals surface area (Å²) in [5, 5.41) is 21.8. The van der Waals surface area contributed by atoms with Crippen molar-refractivity contribution in [3.05, 3.63) is 30.2 Å². The first kappa shape index (κ1) is 18.3. The van der Waals surface area contributed by atoms with Gasteiger partial charge in [0, 0.05) is 6.07 Å². The van der Waals surface area contributed by atoms with Crippen molar-refractivity contribution in [2.24, 2.45) is 0 Å². The number of phenolic OH excluding ortho intramolecular Hbond substituents is 1. The van der Waals surface area contributed by atoms with E-state index < -0.39 is 17.8 Å². The van der Waals surface area contributed by atoms with Crippen molar-refractivity contribution in [1.82, 2.24) is 0 Å². The number of aromatic hydroxyl groups is 1. The standard InChI is InChI=1S/C17H26NO4/c1-11-9-13(8-6-7-12(2)19)15(20)10-14(11)18-16(21)22-17(3,4)5/h9-10,12,19-20H,2,6-8H2,1,3-5H3,(H,18,21)/t12-/m0/s1. The molecular weight excluding hydrogens is 282 g/mol. The van der Waals surface area contributed by atoms with Gasteiger partial charge in [0.05, 0.1) is 11.8 Å². The van der Waals surface area contributed by atoms with Crippen LogP contribution >= 0.6 is 0 Å². The maximum atomic E-state index is 11.8. The maximum Gasteiger partial charge on any atom is 0.412 e. The molecule has 22 heavy (non-hydrogen) atoms. The summed E-state index contributed by atoms with van der Waals surface area (Å²) in [6.45, 7) is 10.7. The normalized spacial score (nSPS) is 12.8. The molecule has 0 aliphatic heterocycles. The number of carbonyl (C=O) groups excluding carboxylic acids is 1. The van der Waals surface area contributed by atoms with Crippen LogP contribution in [0.3, 0.4) is 0 Å². The second-order valence-electron chi connectivity index (χ2n) is 6.47. The van der Waals surface area contributed by atoms with Crippen LogP contribution in [0, 0.1) is 13.8 Å². The third kappa shape index (κ3) is 6.35. The summed E-state index contributed by atoms with van der Waals surface area (Å²) in [5.41, 5.74) is 1.57. The number of benzene rings is 1. The Kier molecular flexibility index (Phi) is 6.23. The molecule has 1 aromatic carbocycles. The number of hydrogen-bond acceptors (Lipinski definition) is 4. The molecule has 0 aliphatic carbocycles. The number of hydrogen-bond donors (Lipinski definition) is 3. The van der Waals surface area contributed by atoms with Crippen LogP contribution < -0.4 is 5.32 Å². The molecule has 3 N–H and O–H groups in total. The summed E-state index contributed by atoms with van der Waals surface area (Å²) in [4.78, 5) is 11.8. The quantitative estimate of drug-likeness (QED) is 0.777. The third-order valence-corrected chi connectivity index (χ3v) is 3.04. The van der Waals surface area contributed by atoms with Crippen LogP contribution in [-0.2, 0) is 11.2 Å². The van der Waals surface area contributed by atoms with Crippen LogP contribution in [0.15, 0.2) is 12.1 Å². The van der Waals surface area contributed by atoms with E-state index in [0.717, 1.165) is 17.5 Å². The lowest BCUT2D eigenvalue weighted by molar-refractivity contribution is 0.0636. The molecule has 0 fully saturated rings. The van der Waals surface area contributed by atoms with Crippen molar-refractivity contribution in [2.75, 3.05) is 5.32 Å². The van der Waals surface area contributed by atoms with Gasteiger partial charge in [-0.15, -0.1) is 0 Å². The van der Waals surface area contributed by atoms with Crippen LogP contribution in [0.1, 0.15) is 44.7 Å². The van der Waals surface area contributed by atoms with Gasteiger partial charge in [0.1, 0.15) is 11.4 Å². The van der Waals surface area contributed by atoms with Gasteiger partial charge in [-0.05, 0) is 65.0 Å². The summed E-state index contributed by atoms with van der Waals surface area (Å²) < 4.78 is 5.19. The van der Waals surface area contributed by atoms with Crippen molar-refractivity contribution in [1.29, 1.82) is 0 Å². The number of ether oxygens (including phenoxy) is 1. The van der Waals surface area contributed by atoms with E-state index in [9.17, 15) is 9.90 Å². The summed E-state index contributed by atoms with van der Waals surface area (Å²) in [7, 11) is 0. The topological polar surface area (TPSA) is 78.8 Å². The van der Waals surface area contributed by atoms with Crippen LogP contribution in [-0.4, -0.2) is 28.0 Å². The number of phenols is 1. The Bertz CT molecular complexity index is 518. The Balaban J connectivity index is 2.75. The lowest BCUT2D eigenvalue weighted by Gasteiger charge is -2.20. The zero-order valence-electron chi connectivity index (χ0n) is 13.8. The van der Waals surface area contributed by atoms with E-state index in [1.54, 1.807) is 20.8 Å². The Morgan fingerprint density at radius 2 is 2.05 bits per heavy atom. The third-order valence-electron chi connectivity index (χ3n) is 3.04. The van der Waals surface area contributed by atoms with E-state index in [1.807, 2.05) is 13.0 Å². The molecule has 1 aromatic rings. The smallest absolute Gasteiger partial charge is 0.412 e. The Morgan fingerprint density at radius 1 is 1.41 bits per heavy atom. The Hall–Kier alpha value is -1.75. The van der Waals surface area contributed by atoms with Crippen LogP contribution in [0.5, 0.6) is 5.75 Å². The fraction of sp³-hybridized carbons (Fsp3) is 0.529. The molecule has 0 aromatic heterocycles. The van der Waals surface area contributed by atoms with Crippen LogP contribution in [0.4, 0.5) is 10.5 Å². The molecule has 0 saturated carbocycles. The fourth-order valence-corrected chi connectivity index (χ4v) is 2.03. The first-order valence-corrected chi connectivity index (χ1v) is 7.42. The van der Waals surface area contributed by atoms with Gasteiger partial charge in [-0.3, -0.25) is 5.32 Å². The van der Waals surface area contributed by atoms with E-state index in [1.165, 1.54) is 6.07 Å². The number of aliphatic hydroxyl groups is 1. The van der Waals surface area contributed by atoms with Gasteiger partial charge in [0.15, 0.2) is 0 Å². The molecule has 1 rings (SSSR count). The lowest BCUT2D eigenvalue weighted by atomic mass is 10.0. The first-order valence-electron chi connectivity index (χ1n) is 7.42. The highest BCUT2D eigenvalue weighted by Crippen LogP contribution is 2.28. The minimum absolute atomic E-state index is 0.121. The van der Waals surface area contributed by atoms with Crippen LogP contribution in [0.25, 0.3) is 0 Å². The predicted octanol–water partition coefficient (Wildman–Crippen LogP) is 3.57. The van der Waals surface area contributed by atoms with E-state index in [2.05, 4.69) is 12.2 Å². The van der Waals surface area contributed by atoms with Gasteiger partial charge in [0.25, 0.3) is 0 Å². The second-order valence-corrected chi connectivity index (χ2v) is 6.47. The van der Waals surface area contributed by atoms with Gasteiger partial charge in [-0.2, -0.15) is 0 Å². The largest absolute Gasteiger partial charge is 0.508 e. The first-order chi connectivity index (χ1) is 10.1. The number of nitrogens with one attached hydrogen (secondary N) is 1. The number of carbonyl (C=O) groups is 1. The zero-order chi connectivity index (χ0) is 16.9. The van der Waals surface area contributed by atoms with Gasteiger partial charge < -0.3 is 14.9 Å². The van der Waals surface area contributed by atoms with Crippen LogP contribution in [0.2, 0.25) is 0 Å². The van der Waals surface area contributed by atoms with Crippen molar-refractivity contribution in [3.8, 4) is 5.75 Å².